The van der Waals surface area contributed by atoms with Crippen molar-refractivity contribution in [3.05, 3.63) is 10.0 Å². The molecule has 0 saturated carbocycles. The summed E-state index contributed by atoms with van der Waals surface area (Å²) in [7, 11) is 4.61. The highest BCUT2D eigenvalue weighted by molar-refractivity contribution is 7.18. The van der Waals surface area contributed by atoms with Gasteiger partial charge in [-0.05, 0) is 0 Å². The normalized spacial score (nSPS) is 22.8. The third kappa shape index (κ3) is 2.84. The Morgan fingerprint density at radius 3 is 2.37 bits per heavy atom. The molecule has 0 amide bonds. The number of methoxy groups -OCH3 is 3. The molecule has 2 heterocycles. The average molecular weight is 307 g/mol. The molecule has 0 radical (unpaired) electrons. The maximum Gasteiger partial charge on any atom is 0.351 e. The maximum absolute atomic E-state index is 11.5. The Bertz CT molecular complexity index is 456. The van der Waals surface area contributed by atoms with E-state index in [1.54, 1.807) is 14.2 Å². The molecule has 19 heavy (non-hydrogen) atoms. The number of carbonyl (C=O) groups is 1. The highest BCUT2D eigenvalue weighted by Gasteiger charge is 2.35. The summed E-state index contributed by atoms with van der Waals surface area (Å²) in [5.41, 5.74) is 0. The monoisotopic (exact) mass is 306 g/mol. The third-order valence-electron chi connectivity index (χ3n) is 3.04. The first-order chi connectivity index (χ1) is 9.10. The minimum Gasteiger partial charge on any atom is -0.465 e. The number of carbonyl (C=O) groups excluding carboxylic acids is 1. The quantitative estimate of drug-likeness (QED) is 0.784. The third-order valence-corrected chi connectivity index (χ3v) is 4.52. The lowest BCUT2D eigenvalue weighted by Gasteiger charge is -2.13. The summed E-state index contributed by atoms with van der Waals surface area (Å²) in [4.78, 5) is 18.0. The van der Waals surface area contributed by atoms with Gasteiger partial charge in [-0.15, -0.1) is 0 Å². The van der Waals surface area contributed by atoms with Gasteiger partial charge in [0.15, 0.2) is 15.2 Å². The number of rotatable bonds is 4. The summed E-state index contributed by atoms with van der Waals surface area (Å²) < 4.78 is 15.4. The largest absolute Gasteiger partial charge is 0.465 e. The van der Waals surface area contributed by atoms with Crippen LogP contribution in [0.1, 0.15) is 9.67 Å². The number of thiazole rings is 1. The van der Waals surface area contributed by atoms with Crippen LogP contribution in [0.2, 0.25) is 5.15 Å². The smallest absolute Gasteiger partial charge is 0.351 e. The minimum atomic E-state index is -0.473. The summed E-state index contributed by atoms with van der Waals surface area (Å²) >= 11 is 7.16. The zero-order chi connectivity index (χ0) is 14.0. The van der Waals surface area contributed by atoms with E-state index in [1.165, 1.54) is 18.4 Å². The molecule has 1 aromatic heterocycles. The Kier molecular flexibility index (Phi) is 4.62. The van der Waals surface area contributed by atoms with Crippen LogP contribution >= 0.6 is 22.9 Å². The van der Waals surface area contributed by atoms with Crippen LogP contribution in [0.4, 0.5) is 5.13 Å². The van der Waals surface area contributed by atoms with Crippen molar-refractivity contribution in [3.8, 4) is 0 Å². The number of hydrogen-bond acceptors (Lipinski definition) is 7. The number of anilines is 1. The topological polar surface area (TPSA) is 60.9 Å². The van der Waals surface area contributed by atoms with E-state index in [9.17, 15) is 4.79 Å². The fourth-order valence-electron chi connectivity index (χ4n) is 2.00. The zero-order valence-corrected chi connectivity index (χ0v) is 12.5. The first-order valence-electron chi connectivity index (χ1n) is 5.65. The molecule has 2 atom stereocenters. The molecule has 8 heteroatoms. The van der Waals surface area contributed by atoms with Crippen molar-refractivity contribution >= 4 is 34.0 Å². The number of hydrogen-bond donors (Lipinski definition) is 0. The Morgan fingerprint density at radius 2 is 1.89 bits per heavy atom. The lowest BCUT2D eigenvalue weighted by molar-refractivity contribution is -0.00461. The predicted octanol–water partition coefficient (Wildman–Crippen LogP) is 1.43. The number of ether oxygens (including phenoxy) is 3. The maximum atomic E-state index is 11.5. The van der Waals surface area contributed by atoms with Crippen LogP contribution in [0, 0.1) is 0 Å². The summed E-state index contributed by atoms with van der Waals surface area (Å²) in [5, 5.41) is 0.841. The number of esters is 1. The molecule has 2 rings (SSSR count). The van der Waals surface area contributed by atoms with Crippen molar-refractivity contribution in [1.29, 1.82) is 0 Å². The fraction of sp³-hybridized carbons (Fsp3) is 0.636. The minimum absolute atomic E-state index is 0.0192. The van der Waals surface area contributed by atoms with Crippen molar-refractivity contribution in [1.82, 2.24) is 4.98 Å². The second-order valence-corrected chi connectivity index (χ2v) is 5.40. The summed E-state index contributed by atoms with van der Waals surface area (Å²) in [5.74, 6) is -0.473. The van der Waals surface area contributed by atoms with Gasteiger partial charge in [-0.25, -0.2) is 9.78 Å². The van der Waals surface area contributed by atoms with E-state index in [-0.39, 0.29) is 17.4 Å². The number of halogens is 1. The second-order valence-electron chi connectivity index (χ2n) is 4.06. The first kappa shape index (κ1) is 14.5. The summed E-state index contributed by atoms with van der Waals surface area (Å²) in [6.45, 7) is 1.30. The standard InChI is InChI=1S/C11H15ClN2O4S/c1-16-6-4-14(5-7(6)17-2)11-13-9(12)8(19-11)10(15)18-3/h6-7H,4-5H2,1-3H3. The van der Waals surface area contributed by atoms with Crippen LogP contribution < -0.4 is 4.90 Å². The fourth-order valence-corrected chi connectivity index (χ4v) is 3.21. The lowest BCUT2D eigenvalue weighted by Crippen LogP contribution is -2.27. The van der Waals surface area contributed by atoms with Crippen LogP contribution in [0.15, 0.2) is 0 Å². The lowest BCUT2D eigenvalue weighted by atomic mass is 10.3. The molecule has 106 valence electrons. The van der Waals surface area contributed by atoms with Crippen molar-refractivity contribution in [2.24, 2.45) is 0 Å². The van der Waals surface area contributed by atoms with E-state index in [2.05, 4.69) is 9.72 Å². The molecule has 1 aromatic rings. The molecule has 2 unspecified atom stereocenters. The molecule has 0 aliphatic carbocycles. The van der Waals surface area contributed by atoms with Gasteiger partial charge in [0.1, 0.15) is 12.2 Å². The van der Waals surface area contributed by atoms with Crippen molar-refractivity contribution in [2.45, 2.75) is 12.2 Å². The second kappa shape index (κ2) is 6.04. The van der Waals surface area contributed by atoms with E-state index < -0.39 is 5.97 Å². The van der Waals surface area contributed by atoms with E-state index in [4.69, 9.17) is 21.1 Å². The van der Waals surface area contributed by atoms with Gasteiger partial charge in [0.25, 0.3) is 0 Å². The molecule has 0 aromatic carbocycles. The Balaban J connectivity index is 2.17. The number of aromatic nitrogens is 1. The van der Waals surface area contributed by atoms with Crippen LogP contribution in [0.25, 0.3) is 0 Å². The molecule has 0 spiro atoms. The Labute approximate surface area is 120 Å². The molecule has 1 aliphatic heterocycles. The molecule has 1 aliphatic rings. The van der Waals surface area contributed by atoms with E-state index in [1.807, 2.05) is 4.90 Å². The van der Waals surface area contributed by atoms with Crippen molar-refractivity contribution < 1.29 is 19.0 Å². The van der Waals surface area contributed by atoms with Gasteiger partial charge in [0.2, 0.25) is 0 Å². The van der Waals surface area contributed by atoms with Gasteiger partial charge in [0.05, 0.1) is 7.11 Å². The zero-order valence-electron chi connectivity index (χ0n) is 10.9. The van der Waals surface area contributed by atoms with Gasteiger partial charge >= 0.3 is 5.97 Å². The molecule has 6 nitrogen and oxygen atoms in total. The number of nitrogens with zero attached hydrogens (tertiary/aromatic N) is 2. The van der Waals surface area contributed by atoms with E-state index in [0.29, 0.717) is 23.1 Å². The van der Waals surface area contributed by atoms with Crippen molar-refractivity contribution in [3.63, 3.8) is 0 Å². The van der Waals surface area contributed by atoms with Gasteiger partial charge in [-0.2, -0.15) is 0 Å². The predicted molar refractivity (Wildman–Crippen MR) is 72.3 cm³/mol. The highest BCUT2D eigenvalue weighted by atomic mass is 35.5. The SMILES string of the molecule is COC(=O)c1sc(N2CC(OC)C(OC)C2)nc1Cl. The highest BCUT2D eigenvalue weighted by Crippen LogP contribution is 2.32. The Hall–Kier alpha value is -0.890. The molecule has 1 fully saturated rings. The summed E-state index contributed by atoms with van der Waals surface area (Å²) in [6.07, 6.45) is -0.0384. The van der Waals surface area contributed by atoms with Crippen LogP contribution in [-0.2, 0) is 14.2 Å². The molecule has 0 bridgehead atoms. The molecule has 1 saturated heterocycles. The molecular weight excluding hydrogens is 292 g/mol. The van der Waals surface area contributed by atoms with Gasteiger partial charge in [-0.1, -0.05) is 22.9 Å². The van der Waals surface area contributed by atoms with Crippen LogP contribution in [0.5, 0.6) is 0 Å². The van der Waals surface area contributed by atoms with Crippen LogP contribution in [0.3, 0.4) is 0 Å². The van der Waals surface area contributed by atoms with Gasteiger partial charge in [0, 0.05) is 27.3 Å². The van der Waals surface area contributed by atoms with Gasteiger partial charge < -0.3 is 19.1 Å². The summed E-state index contributed by atoms with van der Waals surface area (Å²) in [6, 6.07) is 0. The molecule has 0 N–H and O–H groups in total. The molecular formula is C11H15ClN2O4S. The van der Waals surface area contributed by atoms with Gasteiger partial charge in [-0.3, -0.25) is 0 Å². The van der Waals surface area contributed by atoms with E-state index in [0.717, 1.165) is 0 Å². The van der Waals surface area contributed by atoms with E-state index >= 15 is 0 Å². The average Bonchev–Trinajstić information content (AvgIpc) is 3.00. The Morgan fingerprint density at radius 1 is 1.32 bits per heavy atom. The first-order valence-corrected chi connectivity index (χ1v) is 6.85. The van der Waals surface area contributed by atoms with Crippen LogP contribution in [-0.4, -0.2) is 57.6 Å². The van der Waals surface area contributed by atoms with Crippen molar-refractivity contribution in [2.75, 3.05) is 39.3 Å².